The monoisotopic (exact) mass is 271 g/mol. The summed E-state index contributed by atoms with van der Waals surface area (Å²) in [6.07, 6.45) is 7.32. The van der Waals surface area contributed by atoms with E-state index in [1.165, 1.54) is 5.56 Å². The molecule has 0 aliphatic heterocycles. The molecule has 0 saturated carbocycles. The molecule has 0 N–H and O–H groups in total. The van der Waals surface area contributed by atoms with E-state index < -0.39 is 0 Å². The van der Waals surface area contributed by atoms with Crippen molar-refractivity contribution in [3.8, 4) is 11.3 Å². The predicted octanol–water partition coefficient (Wildman–Crippen LogP) is 4.15. The summed E-state index contributed by atoms with van der Waals surface area (Å²) in [5, 5.41) is 3.39. The number of hydrogen-bond donors (Lipinski definition) is 0. The Morgan fingerprint density at radius 1 is 0.762 bits per heavy atom. The van der Waals surface area contributed by atoms with Gasteiger partial charge in [0.2, 0.25) is 0 Å². The molecule has 0 radical (unpaired) electrons. The highest BCUT2D eigenvalue weighted by atomic mass is 14.7. The van der Waals surface area contributed by atoms with Gasteiger partial charge in [0.05, 0.1) is 11.2 Å². The SMILES string of the molecule is Cc1ccc2c(c1)nc(-c1ccncc1)c1ccncc12. The quantitative estimate of drug-likeness (QED) is 0.488. The Hall–Kier alpha value is -2.81. The number of hydrogen-bond acceptors (Lipinski definition) is 3. The first kappa shape index (κ1) is 12.0. The minimum Gasteiger partial charge on any atom is -0.265 e. The summed E-state index contributed by atoms with van der Waals surface area (Å²) in [5.41, 5.74) is 4.26. The fraction of sp³-hybridized carbons (Fsp3) is 0.0556. The molecule has 0 aliphatic carbocycles. The van der Waals surface area contributed by atoms with Crippen molar-refractivity contribution in [2.75, 3.05) is 0 Å². The van der Waals surface area contributed by atoms with E-state index in [9.17, 15) is 0 Å². The maximum Gasteiger partial charge on any atom is 0.0790 e. The standard InChI is InChI=1S/C18H13N3/c1-12-2-3-14-16-11-20-9-6-15(16)18(21-17(14)10-12)13-4-7-19-8-5-13/h2-11H,1H3. The summed E-state index contributed by atoms with van der Waals surface area (Å²) >= 11 is 0. The zero-order valence-corrected chi connectivity index (χ0v) is 11.6. The number of nitrogens with zero attached hydrogens (tertiary/aromatic N) is 3. The van der Waals surface area contributed by atoms with Gasteiger partial charge in [0.15, 0.2) is 0 Å². The van der Waals surface area contributed by atoms with Crippen molar-refractivity contribution in [1.82, 2.24) is 15.0 Å². The van der Waals surface area contributed by atoms with Gasteiger partial charge in [0.1, 0.15) is 0 Å². The molecule has 21 heavy (non-hydrogen) atoms. The number of benzene rings is 1. The van der Waals surface area contributed by atoms with Crippen LogP contribution in [0, 0.1) is 6.92 Å². The van der Waals surface area contributed by atoms with Crippen molar-refractivity contribution in [3.05, 3.63) is 66.7 Å². The van der Waals surface area contributed by atoms with Crippen LogP contribution in [0.5, 0.6) is 0 Å². The third kappa shape index (κ3) is 1.94. The molecule has 0 saturated heterocycles. The van der Waals surface area contributed by atoms with Crippen molar-refractivity contribution in [2.24, 2.45) is 0 Å². The average Bonchev–Trinajstić information content (AvgIpc) is 2.54. The molecule has 3 nitrogen and oxygen atoms in total. The van der Waals surface area contributed by atoms with E-state index in [4.69, 9.17) is 4.98 Å². The third-order valence-electron chi connectivity index (χ3n) is 3.71. The van der Waals surface area contributed by atoms with Crippen LogP contribution in [-0.4, -0.2) is 15.0 Å². The normalized spacial score (nSPS) is 11.1. The van der Waals surface area contributed by atoms with Crippen molar-refractivity contribution in [1.29, 1.82) is 0 Å². The largest absolute Gasteiger partial charge is 0.265 e. The van der Waals surface area contributed by atoms with Gasteiger partial charge in [-0.25, -0.2) is 4.98 Å². The fourth-order valence-electron chi connectivity index (χ4n) is 2.69. The Kier molecular flexibility index (Phi) is 2.64. The minimum atomic E-state index is 0.980. The van der Waals surface area contributed by atoms with Crippen LogP contribution in [0.4, 0.5) is 0 Å². The van der Waals surface area contributed by atoms with Gasteiger partial charge < -0.3 is 0 Å². The molecule has 100 valence electrons. The highest BCUT2D eigenvalue weighted by Gasteiger charge is 2.10. The maximum atomic E-state index is 4.88. The van der Waals surface area contributed by atoms with Crippen molar-refractivity contribution >= 4 is 21.7 Å². The average molecular weight is 271 g/mol. The van der Waals surface area contributed by atoms with Crippen LogP contribution in [0.3, 0.4) is 0 Å². The molecule has 3 heteroatoms. The topological polar surface area (TPSA) is 38.7 Å². The number of pyridine rings is 3. The molecule has 1 aromatic carbocycles. The van der Waals surface area contributed by atoms with Gasteiger partial charge in [0.25, 0.3) is 0 Å². The third-order valence-corrected chi connectivity index (χ3v) is 3.71. The van der Waals surface area contributed by atoms with E-state index in [2.05, 4.69) is 35.1 Å². The molecular weight excluding hydrogens is 258 g/mol. The fourth-order valence-corrected chi connectivity index (χ4v) is 2.69. The molecule has 3 heterocycles. The van der Waals surface area contributed by atoms with Gasteiger partial charge in [0, 0.05) is 46.5 Å². The number of aromatic nitrogens is 3. The Morgan fingerprint density at radius 3 is 2.43 bits per heavy atom. The van der Waals surface area contributed by atoms with E-state index in [-0.39, 0.29) is 0 Å². The van der Waals surface area contributed by atoms with Gasteiger partial charge in [-0.1, -0.05) is 12.1 Å². The molecule has 3 aromatic heterocycles. The van der Waals surface area contributed by atoms with E-state index >= 15 is 0 Å². The Balaban J connectivity index is 2.18. The smallest absolute Gasteiger partial charge is 0.0790 e. The second kappa shape index (κ2) is 4.63. The lowest BCUT2D eigenvalue weighted by Crippen LogP contribution is -1.91. The summed E-state index contributed by atoms with van der Waals surface area (Å²) in [4.78, 5) is 13.2. The first-order valence-electron chi connectivity index (χ1n) is 6.87. The van der Waals surface area contributed by atoms with Crippen LogP contribution in [0.25, 0.3) is 32.9 Å². The summed E-state index contributed by atoms with van der Waals surface area (Å²) < 4.78 is 0. The van der Waals surface area contributed by atoms with Crippen LogP contribution in [0.15, 0.2) is 61.2 Å². The molecular formula is C18H13N3. The van der Waals surface area contributed by atoms with Gasteiger partial charge in [-0.3, -0.25) is 9.97 Å². The maximum absolute atomic E-state index is 4.88. The number of rotatable bonds is 1. The Labute approximate surface area is 122 Å². The molecule has 0 unspecified atom stereocenters. The van der Waals surface area contributed by atoms with Crippen LogP contribution >= 0.6 is 0 Å². The van der Waals surface area contributed by atoms with Crippen molar-refractivity contribution in [3.63, 3.8) is 0 Å². The lowest BCUT2D eigenvalue weighted by atomic mass is 10.0. The second-order valence-corrected chi connectivity index (χ2v) is 5.14. The van der Waals surface area contributed by atoms with Crippen LogP contribution < -0.4 is 0 Å². The van der Waals surface area contributed by atoms with E-state index in [1.54, 1.807) is 12.4 Å². The predicted molar refractivity (Wildman–Crippen MR) is 85.0 cm³/mol. The van der Waals surface area contributed by atoms with Gasteiger partial charge in [-0.15, -0.1) is 0 Å². The lowest BCUT2D eigenvalue weighted by Gasteiger charge is -2.09. The van der Waals surface area contributed by atoms with Gasteiger partial charge in [-0.05, 0) is 36.8 Å². The minimum absolute atomic E-state index is 0.980. The molecule has 0 atom stereocenters. The first-order valence-corrected chi connectivity index (χ1v) is 6.87. The van der Waals surface area contributed by atoms with Crippen LogP contribution in [0.2, 0.25) is 0 Å². The summed E-state index contributed by atoms with van der Waals surface area (Å²) in [6, 6.07) is 12.4. The molecule has 0 fully saturated rings. The first-order chi connectivity index (χ1) is 10.3. The summed E-state index contributed by atoms with van der Waals surface area (Å²) in [5.74, 6) is 0. The number of aryl methyl sites for hydroxylation is 1. The van der Waals surface area contributed by atoms with Gasteiger partial charge >= 0.3 is 0 Å². The number of fused-ring (bicyclic) bond motifs is 3. The summed E-state index contributed by atoms with van der Waals surface area (Å²) in [7, 11) is 0. The molecule has 0 spiro atoms. The zero-order chi connectivity index (χ0) is 14.2. The van der Waals surface area contributed by atoms with Crippen molar-refractivity contribution < 1.29 is 0 Å². The van der Waals surface area contributed by atoms with E-state index in [0.29, 0.717) is 0 Å². The molecule has 0 aliphatic rings. The highest BCUT2D eigenvalue weighted by Crippen LogP contribution is 2.31. The Morgan fingerprint density at radius 2 is 1.57 bits per heavy atom. The second-order valence-electron chi connectivity index (χ2n) is 5.14. The lowest BCUT2D eigenvalue weighted by molar-refractivity contribution is 1.31. The molecule has 4 rings (SSSR count). The van der Waals surface area contributed by atoms with E-state index in [0.717, 1.165) is 32.9 Å². The van der Waals surface area contributed by atoms with Crippen molar-refractivity contribution in [2.45, 2.75) is 6.92 Å². The van der Waals surface area contributed by atoms with Gasteiger partial charge in [-0.2, -0.15) is 0 Å². The highest BCUT2D eigenvalue weighted by molar-refractivity contribution is 6.10. The molecule has 0 bridgehead atoms. The molecule has 4 aromatic rings. The van der Waals surface area contributed by atoms with Crippen LogP contribution in [0.1, 0.15) is 5.56 Å². The summed E-state index contributed by atoms with van der Waals surface area (Å²) in [6.45, 7) is 2.08. The van der Waals surface area contributed by atoms with E-state index in [1.807, 2.05) is 30.6 Å². The Bertz CT molecular complexity index is 946. The molecule has 0 amide bonds. The zero-order valence-electron chi connectivity index (χ0n) is 11.6. The van der Waals surface area contributed by atoms with Crippen LogP contribution in [-0.2, 0) is 0 Å².